The third-order valence-electron chi connectivity index (χ3n) is 3.28. The van der Waals surface area contributed by atoms with E-state index in [0.29, 0.717) is 16.5 Å². The molecule has 0 spiro atoms. The molecule has 3 aromatic rings. The van der Waals surface area contributed by atoms with E-state index >= 15 is 0 Å². The van der Waals surface area contributed by atoms with Crippen LogP contribution in [0.2, 0.25) is 10.0 Å². The van der Waals surface area contributed by atoms with E-state index in [0.717, 1.165) is 15.8 Å². The van der Waals surface area contributed by atoms with Crippen molar-refractivity contribution in [3.63, 3.8) is 0 Å². The van der Waals surface area contributed by atoms with Gasteiger partial charge in [0.05, 0.1) is 16.1 Å². The van der Waals surface area contributed by atoms with Crippen LogP contribution in [0.5, 0.6) is 0 Å². The lowest BCUT2D eigenvalue weighted by molar-refractivity contribution is 0.180. The Bertz CT molecular complexity index is 751. The summed E-state index contributed by atoms with van der Waals surface area (Å²) in [6.45, 7) is 0. The van der Waals surface area contributed by atoms with Gasteiger partial charge in [0.15, 0.2) is 0 Å². The van der Waals surface area contributed by atoms with E-state index in [1.165, 1.54) is 5.39 Å². The van der Waals surface area contributed by atoms with Crippen molar-refractivity contribution < 1.29 is 5.11 Å². The minimum Gasteiger partial charge on any atom is -0.388 e. The summed E-state index contributed by atoms with van der Waals surface area (Å²) in [5.74, 6) is 0. The van der Waals surface area contributed by atoms with Crippen LogP contribution in [0.3, 0.4) is 0 Å². The fourth-order valence-corrected chi connectivity index (χ4v) is 3.56. The molecule has 0 aliphatic heterocycles. The fraction of sp³-hybridized carbons (Fsp3) is 0.125. The van der Waals surface area contributed by atoms with Gasteiger partial charge in [-0.3, -0.25) is 0 Å². The lowest BCUT2D eigenvalue weighted by Crippen LogP contribution is -2.02. The van der Waals surface area contributed by atoms with Gasteiger partial charge in [-0.1, -0.05) is 47.5 Å². The van der Waals surface area contributed by atoms with Crippen LogP contribution in [0, 0.1) is 0 Å². The monoisotopic (exact) mass is 322 g/mol. The van der Waals surface area contributed by atoms with Crippen molar-refractivity contribution in [2.24, 2.45) is 0 Å². The predicted molar refractivity (Wildman–Crippen MR) is 87.0 cm³/mol. The van der Waals surface area contributed by atoms with Gasteiger partial charge in [-0.05, 0) is 40.1 Å². The molecular weight excluding hydrogens is 311 g/mol. The van der Waals surface area contributed by atoms with Gasteiger partial charge in [0.25, 0.3) is 0 Å². The van der Waals surface area contributed by atoms with Crippen molar-refractivity contribution in [2.45, 2.75) is 12.5 Å². The van der Waals surface area contributed by atoms with E-state index in [2.05, 4.69) is 12.1 Å². The number of halogens is 2. The first-order chi connectivity index (χ1) is 9.65. The zero-order chi connectivity index (χ0) is 14.1. The number of fused-ring (bicyclic) bond motifs is 1. The summed E-state index contributed by atoms with van der Waals surface area (Å²) in [7, 11) is 0. The second kappa shape index (κ2) is 5.74. The van der Waals surface area contributed by atoms with E-state index in [4.69, 9.17) is 23.2 Å². The van der Waals surface area contributed by atoms with Crippen LogP contribution in [-0.4, -0.2) is 5.11 Å². The number of benzene rings is 2. The van der Waals surface area contributed by atoms with Gasteiger partial charge < -0.3 is 5.11 Å². The molecule has 1 heterocycles. The maximum absolute atomic E-state index is 10.5. The quantitative estimate of drug-likeness (QED) is 0.676. The molecule has 4 heteroatoms. The van der Waals surface area contributed by atoms with Gasteiger partial charge >= 0.3 is 0 Å². The maximum atomic E-state index is 10.5. The lowest BCUT2D eigenvalue weighted by Gasteiger charge is -2.12. The highest BCUT2D eigenvalue weighted by molar-refractivity contribution is 7.17. The minimum absolute atomic E-state index is 0.519. The third-order valence-corrected chi connectivity index (χ3v) is 5.00. The SMILES string of the molecule is OC(Cc1ccc(Cl)c(Cl)c1)c1cccc2ccsc12. The Morgan fingerprint density at radius 1 is 1.05 bits per heavy atom. The maximum Gasteiger partial charge on any atom is 0.0844 e. The molecule has 0 bridgehead atoms. The smallest absolute Gasteiger partial charge is 0.0844 e. The van der Waals surface area contributed by atoms with Gasteiger partial charge in [-0.2, -0.15) is 0 Å². The van der Waals surface area contributed by atoms with Crippen molar-refractivity contribution in [3.8, 4) is 0 Å². The summed E-state index contributed by atoms with van der Waals surface area (Å²) in [4.78, 5) is 0. The Hall–Kier alpha value is -1.06. The van der Waals surface area contributed by atoms with Gasteiger partial charge in [0.2, 0.25) is 0 Å². The van der Waals surface area contributed by atoms with E-state index in [-0.39, 0.29) is 0 Å². The van der Waals surface area contributed by atoms with Gasteiger partial charge in [-0.15, -0.1) is 11.3 Å². The Labute approximate surface area is 131 Å². The van der Waals surface area contributed by atoms with E-state index in [1.807, 2.05) is 29.6 Å². The van der Waals surface area contributed by atoms with Crippen LogP contribution in [0.4, 0.5) is 0 Å². The summed E-state index contributed by atoms with van der Waals surface area (Å²) >= 11 is 13.6. The van der Waals surface area contributed by atoms with E-state index in [9.17, 15) is 5.11 Å². The first kappa shape index (κ1) is 13.9. The van der Waals surface area contributed by atoms with Crippen molar-refractivity contribution in [2.75, 3.05) is 0 Å². The molecule has 1 atom stereocenters. The second-order valence-corrected chi connectivity index (χ2v) is 6.39. The molecule has 1 nitrogen and oxygen atoms in total. The zero-order valence-electron chi connectivity index (χ0n) is 10.5. The molecule has 20 heavy (non-hydrogen) atoms. The molecule has 102 valence electrons. The Balaban J connectivity index is 1.90. The van der Waals surface area contributed by atoms with Crippen LogP contribution in [0.1, 0.15) is 17.2 Å². The third kappa shape index (κ3) is 2.70. The van der Waals surface area contributed by atoms with Crippen molar-refractivity contribution in [1.29, 1.82) is 0 Å². The number of rotatable bonds is 3. The highest BCUT2D eigenvalue weighted by Crippen LogP contribution is 2.31. The van der Waals surface area contributed by atoms with Crippen LogP contribution >= 0.6 is 34.5 Å². The molecule has 0 aliphatic carbocycles. The molecule has 0 fully saturated rings. The van der Waals surface area contributed by atoms with Crippen LogP contribution < -0.4 is 0 Å². The van der Waals surface area contributed by atoms with Crippen LogP contribution in [0.25, 0.3) is 10.1 Å². The standard InChI is InChI=1S/C16H12Cl2OS/c17-13-5-4-10(8-14(13)18)9-15(19)12-3-1-2-11-6-7-20-16(11)12/h1-8,15,19H,9H2. The number of thiophene rings is 1. The molecule has 1 N–H and O–H groups in total. The summed E-state index contributed by atoms with van der Waals surface area (Å²) in [6, 6.07) is 13.5. The molecule has 3 rings (SSSR count). The molecule has 0 radical (unpaired) electrons. The summed E-state index contributed by atoms with van der Waals surface area (Å²) in [6.07, 6.45) is -0.0249. The van der Waals surface area contributed by atoms with E-state index in [1.54, 1.807) is 17.4 Å². The van der Waals surface area contributed by atoms with Gasteiger partial charge in [0.1, 0.15) is 0 Å². The molecule has 1 unspecified atom stereocenters. The molecule has 0 amide bonds. The highest BCUT2D eigenvalue weighted by Gasteiger charge is 2.13. The number of hydrogen-bond donors (Lipinski definition) is 1. The summed E-state index contributed by atoms with van der Waals surface area (Å²) < 4.78 is 1.14. The average Bonchev–Trinajstić information content (AvgIpc) is 2.91. The van der Waals surface area contributed by atoms with Crippen molar-refractivity contribution >= 4 is 44.6 Å². The minimum atomic E-state index is -0.547. The molecule has 0 saturated heterocycles. The molecule has 0 aliphatic rings. The number of hydrogen-bond acceptors (Lipinski definition) is 2. The summed E-state index contributed by atoms with van der Waals surface area (Å²) in [5, 5.41) is 14.7. The average molecular weight is 323 g/mol. The van der Waals surface area contributed by atoms with Gasteiger partial charge in [-0.25, -0.2) is 0 Å². The van der Waals surface area contributed by atoms with E-state index < -0.39 is 6.10 Å². The van der Waals surface area contributed by atoms with Crippen molar-refractivity contribution in [1.82, 2.24) is 0 Å². The zero-order valence-corrected chi connectivity index (χ0v) is 12.8. The number of aliphatic hydroxyl groups excluding tert-OH is 1. The van der Waals surface area contributed by atoms with Gasteiger partial charge in [0, 0.05) is 11.1 Å². The predicted octanol–water partition coefficient (Wildman–Crippen LogP) is 5.48. The molecule has 0 saturated carbocycles. The molecular formula is C16H12Cl2OS. The van der Waals surface area contributed by atoms with Crippen LogP contribution in [-0.2, 0) is 6.42 Å². The molecule has 2 aromatic carbocycles. The lowest BCUT2D eigenvalue weighted by atomic mass is 10.0. The normalized spacial score (nSPS) is 12.8. The highest BCUT2D eigenvalue weighted by atomic mass is 35.5. The Morgan fingerprint density at radius 2 is 1.90 bits per heavy atom. The Morgan fingerprint density at radius 3 is 2.70 bits per heavy atom. The fourth-order valence-electron chi connectivity index (χ4n) is 2.28. The van der Waals surface area contributed by atoms with Crippen molar-refractivity contribution in [3.05, 3.63) is 69.0 Å². The summed E-state index contributed by atoms with van der Waals surface area (Å²) in [5.41, 5.74) is 1.93. The topological polar surface area (TPSA) is 20.2 Å². The first-order valence-electron chi connectivity index (χ1n) is 6.23. The molecule has 1 aromatic heterocycles. The largest absolute Gasteiger partial charge is 0.388 e. The Kier molecular flexibility index (Phi) is 3.99. The number of aliphatic hydroxyl groups is 1. The second-order valence-electron chi connectivity index (χ2n) is 4.65. The van der Waals surface area contributed by atoms with Crippen LogP contribution in [0.15, 0.2) is 47.8 Å². The first-order valence-corrected chi connectivity index (χ1v) is 7.87.